The second-order valence-electron chi connectivity index (χ2n) is 9.07. The molecule has 30 heteroatoms. The molecule has 2 aliphatic heterocycles. The van der Waals surface area contributed by atoms with Gasteiger partial charge in [-0.2, -0.15) is 8.62 Å². The molecule has 27 nitrogen and oxygen atoms in total. The number of rotatable bonds is 11. The fourth-order valence-corrected chi connectivity index (χ4v) is 7.64. The van der Waals surface area contributed by atoms with E-state index in [0.29, 0.717) is 12.2 Å². The molecule has 6 N–H and O–H groups in total. The normalized spacial score (nSPS) is 28.7. The van der Waals surface area contributed by atoms with Gasteiger partial charge in [-0.3, -0.25) is 39.4 Å². The number of allylic oxidation sites excluding steroid dienone is 1. The lowest BCUT2D eigenvalue weighted by atomic mass is 9.96. The molecule has 0 radical (unpaired) electrons. The van der Waals surface area contributed by atoms with Crippen LogP contribution in [0.3, 0.4) is 0 Å². The maximum Gasteiger partial charge on any atom is 0.490 e. The molecule has 2 aromatic rings. The number of nitrogens with zero attached hydrogens (tertiary/aromatic N) is 7. The van der Waals surface area contributed by atoms with Gasteiger partial charge in [0.25, 0.3) is 11.5 Å². The number of phosphoric ester groups is 1. The maximum absolute atomic E-state index is 12.4. The third-order valence-electron chi connectivity index (χ3n) is 6.22. The Morgan fingerprint density at radius 2 is 1.67 bits per heavy atom. The van der Waals surface area contributed by atoms with Crippen molar-refractivity contribution in [2.75, 3.05) is 12.3 Å². The van der Waals surface area contributed by atoms with Gasteiger partial charge in [0.15, 0.2) is 23.7 Å². The van der Waals surface area contributed by atoms with Crippen LogP contribution in [0.4, 0.5) is 5.82 Å². The Balaban J connectivity index is 1.53. The van der Waals surface area contributed by atoms with E-state index in [1.165, 1.54) is 0 Å². The van der Waals surface area contributed by atoms with Gasteiger partial charge in [0, 0.05) is 6.08 Å². The monoisotopic (exact) mass is 717 g/mol. The van der Waals surface area contributed by atoms with E-state index in [9.17, 15) is 53.8 Å². The molecule has 3 aliphatic rings. The largest absolute Gasteiger partial charge is 0.490 e. The molecule has 1 spiro atoms. The minimum atomic E-state index is -5.94. The lowest BCUT2D eigenvalue weighted by Crippen LogP contribution is -2.49. The fraction of sp³-hybridized carbons (Fsp3) is 0.375. The summed E-state index contributed by atoms with van der Waals surface area (Å²) >= 11 is 0. The van der Waals surface area contributed by atoms with Gasteiger partial charge in [0.2, 0.25) is 0 Å². The second kappa shape index (κ2) is 11.5. The van der Waals surface area contributed by atoms with Gasteiger partial charge in [-0.25, -0.2) is 28.6 Å². The van der Waals surface area contributed by atoms with Crippen molar-refractivity contribution in [1.82, 2.24) is 19.5 Å². The lowest BCUT2D eigenvalue weighted by molar-refractivity contribution is -0.525. The molecule has 5 rings (SSSR count). The summed E-state index contributed by atoms with van der Waals surface area (Å²) in [6.45, 7) is -1.20. The zero-order valence-corrected chi connectivity index (χ0v) is 24.5. The van der Waals surface area contributed by atoms with E-state index < -0.39 is 92.6 Å². The average Bonchev–Trinajstić information content (AvgIpc) is 3.58. The van der Waals surface area contributed by atoms with Crippen LogP contribution in [0.5, 0.6) is 0 Å². The number of fused-ring (bicyclic) bond motifs is 2. The smallest absolute Gasteiger partial charge is 0.382 e. The van der Waals surface area contributed by atoms with E-state index in [0.717, 1.165) is 17.2 Å². The van der Waals surface area contributed by atoms with Crippen LogP contribution in [0.2, 0.25) is 0 Å². The Labute approximate surface area is 251 Å². The van der Waals surface area contributed by atoms with Crippen molar-refractivity contribution in [3.8, 4) is 0 Å². The molecular formula is C16H16N8O19P3-. The Morgan fingerprint density at radius 3 is 2.28 bits per heavy atom. The summed E-state index contributed by atoms with van der Waals surface area (Å²) < 4.78 is 65.2. The van der Waals surface area contributed by atoms with Crippen molar-refractivity contribution in [2.45, 2.75) is 30.3 Å². The van der Waals surface area contributed by atoms with Crippen molar-refractivity contribution >= 4 is 40.4 Å². The van der Waals surface area contributed by atoms with Gasteiger partial charge in [-0.05, 0) is 9.85 Å². The van der Waals surface area contributed by atoms with Crippen LogP contribution in [0.15, 0.2) is 36.2 Å². The number of anilines is 1. The van der Waals surface area contributed by atoms with Crippen molar-refractivity contribution in [3.05, 3.63) is 72.6 Å². The van der Waals surface area contributed by atoms with Crippen LogP contribution >= 0.6 is 23.5 Å². The first-order valence-electron chi connectivity index (χ1n) is 11.7. The van der Waals surface area contributed by atoms with E-state index in [1.807, 2.05) is 0 Å². The number of ether oxygens (including phenoxy) is 3. The van der Waals surface area contributed by atoms with Crippen molar-refractivity contribution in [3.63, 3.8) is 0 Å². The molecule has 0 bridgehead atoms. The molecule has 7 atom stereocenters. The van der Waals surface area contributed by atoms with E-state index in [-0.39, 0.29) is 17.0 Å². The van der Waals surface area contributed by atoms with Crippen LogP contribution in [0.25, 0.3) is 11.2 Å². The number of nitro groups is 3. The van der Waals surface area contributed by atoms with Crippen LogP contribution in [0.1, 0.15) is 6.23 Å². The lowest BCUT2D eigenvalue weighted by Gasteiger charge is -2.35. The molecule has 46 heavy (non-hydrogen) atoms. The molecule has 0 aromatic carbocycles. The minimum Gasteiger partial charge on any atom is -0.382 e. The molecule has 250 valence electrons. The summed E-state index contributed by atoms with van der Waals surface area (Å²) in [4.78, 5) is 80.4. The molecule has 0 amide bonds. The van der Waals surface area contributed by atoms with Gasteiger partial charge in [-0.1, -0.05) is 6.08 Å². The number of aromatic nitrogens is 4. The Kier molecular flexibility index (Phi) is 8.36. The number of phosphoric acid groups is 3. The molecule has 0 saturated carbocycles. The minimum absolute atomic E-state index is 0.00707. The van der Waals surface area contributed by atoms with Gasteiger partial charge in [-0.15, -0.1) is 0 Å². The zero-order valence-electron chi connectivity index (χ0n) is 21.8. The number of nitrogens with two attached hydrogens (primary N) is 1. The highest BCUT2D eigenvalue weighted by Crippen LogP contribution is 2.66. The molecule has 1 aliphatic carbocycles. The van der Waals surface area contributed by atoms with Crippen molar-refractivity contribution in [1.29, 1.82) is 0 Å². The molecular weight excluding hydrogens is 701 g/mol. The average molecular weight is 717 g/mol. The topological polar surface area (TPSA) is 387 Å². The highest BCUT2D eigenvalue weighted by molar-refractivity contribution is 7.66. The van der Waals surface area contributed by atoms with E-state index in [1.54, 1.807) is 0 Å². The Bertz CT molecular complexity index is 1840. The van der Waals surface area contributed by atoms with E-state index >= 15 is 0 Å². The van der Waals surface area contributed by atoms with Crippen molar-refractivity contribution in [2.24, 2.45) is 0 Å². The summed E-state index contributed by atoms with van der Waals surface area (Å²) in [6.07, 6.45) is -3.91. The molecule has 3 unspecified atom stereocenters. The maximum atomic E-state index is 12.4. The number of imidazole rings is 1. The van der Waals surface area contributed by atoms with Crippen LogP contribution in [0, 0.1) is 36.4 Å². The molecule has 2 fully saturated rings. The molecule has 2 aromatic heterocycles. The third-order valence-corrected chi connectivity index (χ3v) is 10.0. The first-order valence-corrected chi connectivity index (χ1v) is 16.2. The predicted molar refractivity (Wildman–Crippen MR) is 136 cm³/mol. The Hall–Kier alpha value is -3.81. The van der Waals surface area contributed by atoms with Gasteiger partial charge in [0.05, 0.1) is 17.9 Å². The predicted octanol–water partition coefficient (Wildman–Crippen LogP) is -0.727. The standard InChI is InChI=1S/C16H16N8O19P3/c17-13-10-14(19-4-18-13)21(5-20-10)15-12-11(7(39-15)3-38-45(34,35)43-46(36,37)42-44(31,32)33)40-16(41-12)8(23(27)28)1-6(22(25)26)2-9(16)24(29)30/h1-2,4-5,7,11-12,15H,3H2,(H,34,35)(H,36,37)(H2,17,18,19)(H2,31,32,33)/q-1/t7-,11-,12-,15-/m1/s1. The first-order chi connectivity index (χ1) is 21.2. The number of hydrogen-bond acceptors (Lipinski definition) is 19. The quantitative estimate of drug-likeness (QED) is 0.0827. The second-order valence-corrected chi connectivity index (χ2v) is 13.5. The van der Waals surface area contributed by atoms with Crippen LogP contribution < -0.4 is 5.73 Å². The van der Waals surface area contributed by atoms with Crippen molar-refractivity contribution < 1.29 is 75.4 Å². The Morgan fingerprint density at radius 1 is 1.00 bits per heavy atom. The number of nitrogen functional groups attached to an aromatic ring is 1. The summed E-state index contributed by atoms with van der Waals surface area (Å²) in [5, 5.41) is 35.5. The van der Waals surface area contributed by atoms with Gasteiger partial charge in [0.1, 0.15) is 35.9 Å². The molecule has 4 heterocycles. The summed E-state index contributed by atoms with van der Waals surface area (Å²) in [6, 6.07) is -1.31. The summed E-state index contributed by atoms with van der Waals surface area (Å²) in [5.74, 6) is -3.17. The highest BCUT2D eigenvalue weighted by atomic mass is 31.3. The van der Waals surface area contributed by atoms with Gasteiger partial charge < -0.3 is 39.5 Å². The SMILES string of the molecule is Nc1ncnc2c1ncn2[C@@H]1O[C@H](COP(=O)(O)OP(=O)(O)OP(=O)(O)O)[C@H]2OC3(O[C@H]21)C([N+](=O)[O-])=CC([N+](=O)[O-])=C[C-]3[N+](=O)[O-]. The van der Waals surface area contributed by atoms with E-state index in [2.05, 4.69) is 28.1 Å². The first kappa shape index (κ1) is 33.6. The van der Waals surface area contributed by atoms with E-state index in [4.69, 9.17) is 29.7 Å². The van der Waals surface area contributed by atoms with Crippen LogP contribution in [-0.4, -0.2) is 84.6 Å². The van der Waals surface area contributed by atoms with Crippen LogP contribution in [-0.2, 0) is 41.1 Å². The van der Waals surface area contributed by atoms with Gasteiger partial charge >= 0.3 is 23.5 Å². The fourth-order valence-electron chi connectivity index (χ4n) is 4.61. The number of hydrogen-bond donors (Lipinski definition) is 5. The third kappa shape index (κ3) is 6.27. The highest BCUT2D eigenvalue weighted by Gasteiger charge is 2.68. The summed E-state index contributed by atoms with van der Waals surface area (Å²) in [7, 11) is -17.4. The zero-order chi connectivity index (χ0) is 34.0. The molecule has 2 saturated heterocycles. The summed E-state index contributed by atoms with van der Waals surface area (Å²) in [5.41, 5.74) is 3.38.